The number of ether oxygens (including phenoxy) is 1. The van der Waals surface area contributed by atoms with E-state index in [-0.39, 0.29) is 0 Å². The second-order valence-electron chi connectivity index (χ2n) is 6.55. The molecule has 2 rings (SSSR count). The Labute approximate surface area is 134 Å². The number of hydrogen-bond donors (Lipinski definition) is 2. The van der Waals surface area contributed by atoms with Gasteiger partial charge in [-0.3, -0.25) is 4.99 Å². The van der Waals surface area contributed by atoms with Crippen molar-refractivity contribution in [2.45, 2.75) is 39.5 Å². The molecule has 3 N–H and O–H groups in total. The van der Waals surface area contributed by atoms with Crippen molar-refractivity contribution in [1.29, 1.82) is 0 Å². The van der Waals surface area contributed by atoms with Gasteiger partial charge in [0.25, 0.3) is 0 Å². The van der Waals surface area contributed by atoms with Gasteiger partial charge in [0, 0.05) is 13.1 Å². The minimum absolute atomic E-state index is 0.547. The summed E-state index contributed by atoms with van der Waals surface area (Å²) in [5, 5.41) is 3.19. The van der Waals surface area contributed by atoms with Crippen molar-refractivity contribution < 1.29 is 4.74 Å². The lowest BCUT2D eigenvalue weighted by Gasteiger charge is -2.23. The maximum atomic E-state index is 5.88. The number of benzene rings is 1. The third-order valence-corrected chi connectivity index (χ3v) is 3.97. The first-order valence-corrected chi connectivity index (χ1v) is 8.39. The van der Waals surface area contributed by atoms with Crippen LogP contribution in [0.1, 0.15) is 38.7 Å². The van der Waals surface area contributed by atoms with E-state index in [0.717, 1.165) is 37.8 Å². The number of rotatable bonds is 8. The summed E-state index contributed by atoms with van der Waals surface area (Å²) in [6.07, 6.45) is 4.90. The number of hydrogen-bond acceptors (Lipinski definition) is 2. The summed E-state index contributed by atoms with van der Waals surface area (Å²) in [7, 11) is 0. The van der Waals surface area contributed by atoms with Gasteiger partial charge in [0.15, 0.2) is 5.96 Å². The molecule has 0 spiro atoms. The van der Waals surface area contributed by atoms with Crippen LogP contribution in [0.5, 0.6) is 5.75 Å². The van der Waals surface area contributed by atoms with Crippen LogP contribution in [-0.4, -0.2) is 25.7 Å². The van der Waals surface area contributed by atoms with Crippen molar-refractivity contribution >= 4 is 5.96 Å². The lowest BCUT2D eigenvalue weighted by Crippen LogP contribution is -2.34. The first-order valence-electron chi connectivity index (χ1n) is 8.39. The average Bonchev–Trinajstić information content (AvgIpc) is 2.45. The third-order valence-electron chi connectivity index (χ3n) is 3.97. The van der Waals surface area contributed by atoms with Crippen molar-refractivity contribution in [3.05, 3.63) is 29.8 Å². The van der Waals surface area contributed by atoms with E-state index in [1.807, 2.05) is 12.1 Å². The molecule has 0 amide bonds. The number of guanidine groups is 1. The molecule has 0 aromatic heterocycles. The molecule has 1 aromatic carbocycles. The average molecular weight is 303 g/mol. The van der Waals surface area contributed by atoms with Crippen molar-refractivity contribution in [1.82, 2.24) is 5.32 Å². The van der Waals surface area contributed by atoms with Gasteiger partial charge in [-0.2, -0.15) is 0 Å². The van der Waals surface area contributed by atoms with Crippen molar-refractivity contribution in [3.63, 3.8) is 0 Å². The maximum Gasteiger partial charge on any atom is 0.188 e. The molecule has 0 atom stereocenters. The van der Waals surface area contributed by atoms with Crippen LogP contribution in [0.15, 0.2) is 29.3 Å². The normalized spacial score (nSPS) is 15.7. The molecule has 0 aliphatic heterocycles. The number of nitrogens with one attached hydrogen (secondary N) is 1. The molecule has 1 fully saturated rings. The fourth-order valence-corrected chi connectivity index (χ4v) is 2.31. The number of nitrogens with zero attached hydrogens (tertiary/aromatic N) is 1. The Bertz CT molecular complexity index is 464. The van der Waals surface area contributed by atoms with Gasteiger partial charge in [-0.05, 0) is 48.8 Å². The predicted molar refractivity (Wildman–Crippen MR) is 92.3 cm³/mol. The standard InChI is InChI=1S/C18H29N3O/c1-14(2)13-22-17-8-6-15(7-9-17)10-11-20-18(19)21-12-16-4-3-5-16/h6-9,14,16H,3-5,10-13H2,1-2H3,(H3,19,20,21). The van der Waals surface area contributed by atoms with Gasteiger partial charge in [-0.1, -0.05) is 32.4 Å². The second-order valence-corrected chi connectivity index (χ2v) is 6.55. The predicted octanol–water partition coefficient (Wildman–Crippen LogP) is 2.97. The molecular weight excluding hydrogens is 274 g/mol. The molecule has 4 nitrogen and oxygen atoms in total. The Morgan fingerprint density at radius 1 is 1.32 bits per heavy atom. The Morgan fingerprint density at radius 3 is 2.64 bits per heavy atom. The maximum absolute atomic E-state index is 5.88. The van der Waals surface area contributed by atoms with Crippen LogP contribution >= 0.6 is 0 Å². The SMILES string of the molecule is CC(C)COc1ccc(CCNC(N)=NCC2CCC2)cc1. The van der Waals surface area contributed by atoms with Gasteiger partial charge < -0.3 is 15.8 Å². The fourth-order valence-electron chi connectivity index (χ4n) is 2.31. The lowest BCUT2D eigenvalue weighted by molar-refractivity contribution is 0.271. The van der Waals surface area contributed by atoms with E-state index in [2.05, 4.69) is 36.3 Å². The van der Waals surface area contributed by atoms with Crippen LogP contribution in [0.25, 0.3) is 0 Å². The van der Waals surface area contributed by atoms with E-state index >= 15 is 0 Å². The van der Waals surface area contributed by atoms with Crippen LogP contribution < -0.4 is 15.8 Å². The highest BCUT2D eigenvalue weighted by molar-refractivity contribution is 5.77. The van der Waals surface area contributed by atoms with E-state index in [9.17, 15) is 0 Å². The van der Waals surface area contributed by atoms with Crippen LogP contribution in [-0.2, 0) is 6.42 Å². The van der Waals surface area contributed by atoms with E-state index in [1.165, 1.54) is 24.8 Å². The molecule has 1 saturated carbocycles. The van der Waals surface area contributed by atoms with E-state index in [4.69, 9.17) is 10.5 Å². The zero-order chi connectivity index (χ0) is 15.8. The molecule has 22 heavy (non-hydrogen) atoms. The molecule has 0 heterocycles. The van der Waals surface area contributed by atoms with Crippen LogP contribution in [0, 0.1) is 11.8 Å². The summed E-state index contributed by atoms with van der Waals surface area (Å²) >= 11 is 0. The first kappa shape index (κ1) is 16.7. The molecule has 122 valence electrons. The summed E-state index contributed by atoms with van der Waals surface area (Å²) < 4.78 is 5.68. The highest BCUT2D eigenvalue weighted by Gasteiger charge is 2.16. The molecule has 0 saturated heterocycles. The van der Waals surface area contributed by atoms with Gasteiger partial charge in [0.05, 0.1) is 6.61 Å². The third kappa shape index (κ3) is 5.96. The molecule has 1 aromatic rings. The fraction of sp³-hybridized carbons (Fsp3) is 0.611. The summed E-state index contributed by atoms with van der Waals surface area (Å²) in [6.45, 7) is 6.75. The smallest absolute Gasteiger partial charge is 0.188 e. The van der Waals surface area contributed by atoms with E-state index < -0.39 is 0 Å². The van der Waals surface area contributed by atoms with Gasteiger partial charge in [-0.25, -0.2) is 0 Å². The lowest BCUT2D eigenvalue weighted by atomic mass is 9.86. The summed E-state index contributed by atoms with van der Waals surface area (Å²) in [4.78, 5) is 4.40. The molecule has 4 heteroatoms. The Hall–Kier alpha value is -1.71. The first-order chi connectivity index (χ1) is 10.6. The largest absolute Gasteiger partial charge is 0.493 e. The van der Waals surface area contributed by atoms with Crippen molar-refractivity contribution in [2.75, 3.05) is 19.7 Å². The Kier molecular flexibility index (Phi) is 6.56. The zero-order valence-corrected chi connectivity index (χ0v) is 13.8. The summed E-state index contributed by atoms with van der Waals surface area (Å²) in [5.74, 6) is 2.82. The minimum Gasteiger partial charge on any atom is -0.493 e. The monoisotopic (exact) mass is 303 g/mol. The van der Waals surface area contributed by atoms with Gasteiger partial charge >= 0.3 is 0 Å². The molecule has 1 aliphatic rings. The van der Waals surface area contributed by atoms with Crippen LogP contribution in [0.3, 0.4) is 0 Å². The topological polar surface area (TPSA) is 59.6 Å². The Morgan fingerprint density at radius 2 is 2.05 bits per heavy atom. The van der Waals surface area contributed by atoms with Crippen LogP contribution in [0.2, 0.25) is 0 Å². The molecule has 0 bridgehead atoms. The van der Waals surface area contributed by atoms with Gasteiger partial charge in [-0.15, -0.1) is 0 Å². The quantitative estimate of drug-likeness (QED) is 0.573. The molecular formula is C18H29N3O. The van der Waals surface area contributed by atoms with Crippen molar-refractivity contribution in [3.8, 4) is 5.75 Å². The zero-order valence-electron chi connectivity index (χ0n) is 13.8. The summed E-state index contributed by atoms with van der Waals surface area (Å²) in [5.41, 5.74) is 7.15. The van der Waals surface area contributed by atoms with Crippen molar-refractivity contribution in [2.24, 2.45) is 22.6 Å². The van der Waals surface area contributed by atoms with Gasteiger partial charge in [0.2, 0.25) is 0 Å². The second kappa shape index (κ2) is 8.66. The summed E-state index contributed by atoms with van der Waals surface area (Å²) in [6, 6.07) is 8.29. The van der Waals surface area contributed by atoms with E-state index in [1.54, 1.807) is 0 Å². The Balaban J connectivity index is 1.65. The number of nitrogens with two attached hydrogens (primary N) is 1. The highest BCUT2D eigenvalue weighted by atomic mass is 16.5. The molecule has 1 aliphatic carbocycles. The molecule has 0 unspecified atom stereocenters. The minimum atomic E-state index is 0.547. The number of aliphatic imine (C=N–C) groups is 1. The highest BCUT2D eigenvalue weighted by Crippen LogP contribution is 2.26. The molecule has 0 radical (unpaired) electrons. The van der Waals surface area contributed by atoms with E-state index in [0.29, 0.717) is 11.9 Å². The van der Waals surface area contributed by atoms with Gasteiger partial charge in [0.1, 0.15) is 5.75 Å². The van der Waals surface area contributed by atoms with Crippen LogP contribution in [0.4, 0.5) is 0 Å².